The first-order chi connectivity index (χ1) is 8.50. The Balaban J connectivity index is 1.99. The van der Waals surface area contributed by atoms with E-state index in [1.807, 2.05) is 38.1 Å². The van der Waals surface area contributed by atoms with Crippen LogP contribution in [0.15, 0.2) is 24.3 Å². The number of halogens is 1. The van der Waals surface area contributed by atoms with Gasteiger partial charge in [0.15, 0.2) is 0 Å². The molecule has 1 aromatic carbocycles. The first kappa shape index (κ1) is 13.4. The van der Waals surface area contributed by atoms with Gasteiger partial charge in [0.2, 0.25) is 5.91 Å². The summed E-state index contributed by atoms with van der Waals surface area (Å²) in [6, 6.07) is 7.46. The molecule has 1 heterocycles. The SMILES string of the molecule is CC(C)(C(=O)NCC1CNC1)c1ccc(Cl)cc1. The Morgan fingerprint density at radius 2 is 2.00 bits per heavy atom. The fourth-order valence-corrected chi connectivity index (χ4v) is 2.07. The van der Waals surface area contributed by atoms with Crippen molar-refractivity contribution in [3.05, 3.63) is 34.9 Å². The average molecular weight is 267 g/mol. The molecule has 98 valence electrons. The minimum atomic E-state index is -0.526. The smallest absolute Gasteiger partial charge is 0.230 e. The zero-order valence-corrected chi connectivity index (χ0v) is 11.6. The summed E-state index contributed by atoms with van der Waals surface area (Å²) >= 11 is 5.86. The molecule has 1 aliphatic rings. The lowest BCUT2D eigenvalue weighted by molar-refractivity contribution is -0.125. The maximum atomic E-state index is 12.2. The molecule has 1 saturated heterocycles. The topological polar surface area (TPSA) is 41.1 Å². The summed E-state index contributed by atoms with van der Waals surface area (Å²) in [5.41, 5.74) is 0.457. The zero-order chi connectivity index (χ0) is 13.2. The highest BCUT2D eigenvalue weighted by molar-refractivity contribution is 6.30. The Bertz CT molecular complexity index is 424. The molecule has 0 unspecified atom stereocenters. The molecule has 0 aromatic heterocycles. The van der Waals surface area contributed by atoms with Crippen LogP contribution in [-0.2, 0) is 10.2 Å². The van der Waals surface area contributed by atoms with Crippen LogP contribution in [-0.4, -0.2) is 25.5 Å². The Morgan fingerprint density at radius 1 is 1.39 bits per heavy atom. The van der Waals surface area contributed by atoms with Gasteiger partial charge in [-0.2, -0.15) is 0 Å². The molecule has 0 bridgehead atoms. The van der Waals surface area contributed by atoms with Crippen molar-refractivity contribution in [3.63, 3.8) is 0 Å². The molecule has 1 fully saturated rings. The normalized spacial score (nSPS) is 16.2. The molecule has 1 aliphatic heterocycles. The lowest BCUT2D eigenvalue weighted by Gasteiger charge is -2.30. The third kappa shape index (κ3) is 2.85. The van der Waals surface area contributed by atoms with Crippen LogP contribution in [0.3, 0.4) is 0 Å². The van der Waals surface area contributed by atoms with Gasteiger partial charge in [-0.3, -0.25) is 4.79 Å². The number of amides is 1. The van der Waals surface area contributed by atoms with E-state index in [0.717, 1.165) is 25.2 Å². The number of nitrogens with one attached hydrogen (secondary N) is 2. The van der Waals surface area contributed by atoms with Crippen molar-refractivity contribution < 1.29 is 4.79 Å². The van der Waals surface area contributed by atoms with Crippen LogP contribution >= 0.6 is 11.6 Å². The highest BCUT2D eigenvalue weighted by Gasteiger charge is 2.30. The van der Waals surface area contributed by atoms with Crippen LogP contribution in [0.5, 0.6) is 0 Å². The summed E-state index contributed by atoms with van der Waals surface area (Å²) in [4.78, 5) is 12.2. The fourth-order valence-electron chi connectivity index (χ4n) is 1.95. The summed E-state index contributed by atoms with van der Waals surface area (Å²) < 4.78 is 0. The summed E-state index contributed by atoms with van der Waals surface area (Å²) in [7, 11) is 0. The second-order valence-corrected chi connectivity index (χ2v) is 5.80. The molecule has 3 nitrogen and oxygen atoms in total. The van der Waals surface area contributed by atoms with Gasteiger partial charge in [-0.1, -0.05) is 23.7 Å². The highest BCUT2D eigenvalue weighted by Crippen LogP contribution is 2.24. The second kappa shape index (κ2) is 5.29. The Hall–Kier alpha value is -1.06. The predicted octanol–water partition coefficient (Wildman–Crippen LogP) is 1.95. The number of benzene rings is 1. The Labute approximate surface area is 113 Å². The largest absolute Gasteiger partial charge is 0.355 e. The van der Waals surface area contributed by atoms with E-state index in [9.17, 15) is 4.79 Å². The zero-order valence-electron chi connectivity index (χ0n) is 10.8. The highest BCUT2D eigenvalue weighted by atomic mass is 35.5. The lowest BCUT2D eigenvalue weighted by atomic mass is 9.83. The molecule has 0 aliphatic carbocycles. The average Bonchev–Trinajstić information content (AvgIpc) is 2.27. The maximum Gasteiger partial charge on any atom is 0.230 e. The minimum Gasteiger partial charge on any atom is -0.355 e. The fraction of sp³-hybridized carbons (Fsp3) is 0.500. The van der Waals surface area contributed by atoms with Gasteiger partial charge in [0.1, 0.15) is 0 Å². The van der Waals surface area contributed by atoms with Gasteiger partial charge in [0, 0.05) is 30.6 Å². The summed E-state index contributed by atoms with van der Waals surface area (Å²) in [5.74, 6) is 0.645. The van der Waals surface area contributed by atoms with Gasteiger partial charge in [0.05, 0.1) is 5.41 Å². The van der Waals surface area contributed by atoms with E-state index in [4.69, 9.17) is 11.6 Å². The molecule has 18 heavy (non-hydrogen) atoms. The molecule has 0 atom stereocenters. The van der Waals surface area contributed by atoms with Crippen molar-refractivity contribution in [1.82, 2.24) is 10.6 Å². The van der Waals surface area contributed by atoms with Crippen molar-refractivity contribution in [3.8, 4) is 0 Å². The molecule has 4 heteroatoms. The number of carbonyl (C=O) groups is 1. The van der Waals surface area contributed by atoms with Gasteiger partial charge in [0.25, 0.3) is 0 Å². The predicted molar refractivity (Wildman–Crippen MR) is 73.8 cm³/mol. The van der Waals surface area contributed by atoms with E-state index in [2.05, 4.69) is 10.6 Å². The van der Waals surface area contributed by atoms with E-state index >= 15 is 0 Å². The van der Waals surface area contributed by atoms with Crippen molar-refractivity contribution in [1.29, 1.82) is 0 Å². The van der Waals surface area contributed by atoms with Crippen molar-refractivity contribution in [2.24, 2.45) is 5.92 Å². The minimum absolute atomic E-state index is 0.0664. The third-order valence-corrected chi connectivity index (χ3v) is 3.80. The van der Waals surface area contributed by atoms with E-state index in [1.54, 1.807) is 0 Å². The second-order valence-electron chi connectivity index (χ2n) is 5.37. The molecule has 0 spiro atoms. The first-order valence-corrected chi connectivity index (χ1v) is 6.63. The van der Waals surface area contributed by atoms with Gasteiger partial charge in [-0.05, 0) is 31.5 Å². The Kier molecular flexibility index (Phi) is 3.93. The molecule has 1 aromatic rings. The maximum absolute atomic E-state index is 12.2. The molecular formula is C14H19ClN2O. The van der Waals surface area contributed by atoms with Gasteiger partial charge in [-0.25, -0.2) is 0 Å². The van der Waals surface area contributed by atoms with Crippen LogP contribution in [0.2, 0.25) is 5.02 Å². The lowest BCUT2D eigenvalue weighted by Crippen LogP contribution is -2.50. The van der Waals surface area contributed by atoms with Crippen LogP contribution in [0.25, 0.3) is 0 Å². The van der Waals surface area contributed by atoms with E-state index < -0.39 is 5.41 Å². The molecule has 1 amide bonds. The quantitative estimate of drug-likeness (QED) is 0.875. The molecule has 0 radical (unpaired) electrons. The van der Waals surface area contributed by atoms with Crippen LogP contribution in [0, 0.1) is 5.92 Å². The number of rotatable bonds is 4. The molecule has 2 N–H and O–H groups in total. The van der Waals surface area contributed by atoms with Crippen LogP contribution < -0.4 is 10.6 Å². The standard InChI is InChI=1S/C14H19ClN2O/c1-14(2,11-3-5-12(15)6-4-11)13(18)17-9-10-7-16-8-10/h3-6,10,16H,7-9H2,1-2H3,(H,17,18). The molecule has 0 saturated carbocycles. The van der Waals surface area contributed by atoms with Crippen molar-refractivity contribution >= 4 is 17.5 Å². The molecular weight excluding hydrogens is 248 g/mol. The van der Waals surface area contributed by atoms with Gasteiger partial charge < -0.3 is 10.6 Å². The summed E-state index contributed by atoms with van der Waals surface area (Å²) in [5, 5.41) is 6.91. The van der Waals surface area contributed by atoms with E-state index in [1.165, 1.54) is 0 Å². The number of carbonyl (C=O) groups excluding carboxylic acids is 1. The number of hydrogen-bond acceptors (Lipinski definition) is 2. The number of hydrogen-bond donors (Lipinski definition) is 2. The molecule has 2 rings (SSSR count). The van der Waals surface area contributed by atoms with E-state index in [-0.39, 0.29) is 5.91 Å². The third-order valence-electron chi connectivity index (χ3n) is 3.55. The van der Waals surface area contributed by atoms with Crippen molar-refractivity contribution in [2.75, 3.05) is 19.6 Å². The van der Waals surface area contributed by atoms with Crippen molar-refractivity contribution in [2.45, 2.75) is 19.3 Å². The van der Waals surface area contributed by atoms with Crippen LogP contribution in [0.4, 0.5) is 0 Å². The van der Waals surface area contributed by atoms with Gasteiger partial charge in [-0.15, -0.1) is 0 Å². The Morgan fingerprint density at radius 3 is 2.50 bits per heavy atom. The summed E-state index contributed by atoms with van der Waals surface area (Å²) in [6.45, 7) is 6.63. The van der Waals surface area contributed by atoms with E-state index in [0.29, 0.717) is 10.9 Å². The first-order valence-electron chi connectivity index (χ1n) is 6.25. The monoisotopic (exact) mass is 266 g/mol. The van der Waals surface area contributed by atoms with Crippen LogP contribution in [0.1, 0.15) is 19.4 Å². The van der Waals surface area contributed by atoms with Gasteiger partial charge >= 0.3 is 0 Å². The summed E-state index contributed by atoms with van der Waals surface area (Å²) in [6.07, 6.45) is 0.